The number of morpholine rings is 1. The first-order valence-electron chi connectivity index (χ1n) is 9.60. The van der Waals surface area contributed by atoms with Crippen LogP contribution in [0.2, 0.25) is 0 Å². The van der Waals surface area contributed by atoms with E-state index in [9.17, 15) is 14.9 Å². The minimum absolute atomic E-state index is 0.0798. The number of benzene rings is 2. The minimum Gasteiger partial charge on any atom is -0.378 e. The Balaban J connectivity index is 2.03. The van der Waals surface area contributed by atoms with Gasteiger partial charge in [-0.2, -0.15) is 0 Å². The number of non-ortho nitro benzene ring substituents is 1. The van der Waals surface area contributed by atoms with Crippen LogP contribution in [-0.2, 0) is 4.74 Å². The van der Waals surface area contributed by atoms with Crippen LogP contribution in [0, 0.1) is 10.1 Å². The first-order chi connectivity index (χ1) is 13.6. The standard InChI is InChI=1S/C21H25N3O4/c1-2-3-11-23(17-7-5-4-6-8-17)21(25)19-16-18(24(26)27)9-10-20(19)22-12-14-28-15-13-22/h4-10,16H,2-3,11-15H2,1H3. The zero-order chi connectivity index (χ0) is 19.9. The summed E-state index contributed by atoms with van der Waals surface area (Å²) < 4.78 is 5.41. The quantitative estimate of drug-likeness (QED) is 0.536. The van der Waals surface area contributed by atoms with Gasteiger partial charge in [-0.25, -0.2) is 0 Å². The monoisotopic (exact) mass is 383 g/mol. The van der Waals surface area contributed by atoms with Crippen molar-refractivity contribution in [3.8, 4) is 0 Å². The maximum Gasteiger partial charge on any atom is 0.270 e. The van der Waals surface area contributed by atoms with Crippen LogP contribution < -0.4 is 9.80 Å². The molecule has 0 saturated carbocycles. The van der Waals surface area contributed by atoms with Crippen molar-refractivity contribution >= 4 is 23.0 Å². The molecule has 0 spiro atoms. The van der Waals surface area contributed by atoms with Crippen molar-refractivity contribution in [2.45, 2.75) is 19.8 Å². The van der Waals surface area contributed by atoms with Gasteiger partial charge in [-0.1, -0.05) is 31.5 Å². The Morgan fingerprint density at radius 2 is 1.89 bits per heavy atom. The van der Waals surface area contributed by atoms with Gasteiger partial charge in [-0.15, -0.1) is 0 Å². The molecule has 1 heterocycles. The van der Waals surface area contributed by atoms with Gasteiger partial charge >= 0.3 is 0 Å². The molecule has 0 unspecified atom stereocenters. The Morgan fingerprint density at radius 3 is 2.54 bits per heavy atom. The molecule has 28 heavy (non-hydrogen) atoms. The van der Waals surface area contributed by atoms with Crippen LogP contribution in [0.4, 0.5) is 17.1 Å². The zero-order valence-corrected chi connectivity index (χ0v) is 16.0. The van der Waals surface area contributed by atoms with Crippen molar-refractivity contribution in [1.82, 2.24) is 0 Å². The van der Waals surface area contributed by atoms with E-state index in [-0.39, 0.29) is 11.6 Å². The highest BCUT2D eigenvalue weighted by atomic mass is 16.6. The van der Waals surface area contributed by atoms with E-state index in [1.165, 1.54) is 12.1 Å². The topological polar surface area (TPSA) is 75.9 Å². The fraction of sp³-hybridized carbons (Fsp3) is 0.381. The summed E-state index contributed by atoms with van der Waals surface area (Å²) in [5.74, 6) is -0.218. The molecule has 1 aliphatic heterocycles. The number of hydrogen-bond acceptors (Lipinski definition) is 5. The average Bonchev–Trinajstić information content (AvgIpc) is 2.74. The van der Waals surface area contributed by atoms with Gasteiger partial charge in [0.15, 0.2) is 0 Å². The number of rotatable bonds is 7. The number of amides is 1. The Morgan fingerprint density at radius 1 is 1.18 bits per heavy atom. The number of ether oxygens (including phenoxy) is 1. The van der Waals surface area contributed by atoms with Crippen LogP contribution >= 0.6 is 0 Å². The van der Waals surface area contributed by atoms with E-state index in [1.54, 1.807) is 11.0 Å². The van der Waals surface area contributed by atoms with Gasteiger partial charge in [0.05, 0.1) is 29.4 Å². The fourth-order valence-electron chi connectivity index (χ4n) is 3.31. The van der Waals surface area contributed by atoms with E-state index in [0.717, 1.165) is 24.2 Å². The summed E-state index contributed by atoms with van der Waals surface area (Å²) in [5.41, 5.74) is 1.79. The molecule has 1 amide bonds. The first kappa shape index (κ1) is 19.8. The summed E-state index contributed by atoms with van der Waals surface area (Å²) in [6.45, 7) is 5.08. The van der Waals surface area contributed by atoms with E-state index in [2.05, 4.69) is 11.8 Å². The molecule has 0 aliphatic carbocycles. The molecular weight excluding hydrogens is 358 g/mol. The van der Waals surface area contributed by atoms with Crippen molar-refractivity contribution in [3.05, 3.63) is 64.2 Å². The number of nitro benzene ring substituents is 1. The maximum atomic E-state index is 13.5. The third-order valence-corrected chi connectivity index (χ3v) is 4.82. The van der Waals surface area contributed by atoms with Crippen LogP contribution in [0.5, 0.6) is 0 Å². The highest BCUT2D eigenvalue weighted by Gasteiger charge is 2.26. The fourth-order valence-corrected chi connectivity index (χ4v) is 3.31. The molecule has 148 valence electrons. The van der Waals surface area contributed by atoms with E-state index in [1.807, 2.05) is 30.3 Å². The number of unbranched alkanes of at least 4 members (excludes halogenated alkanes) is 1. The molecule has 0 radical (unpaired) electrons. The number of nitro groups is 1. The molecule has 1 saturated heterocycles. The molecule has 1 fully saturated rings. The van der Waals surface area contributed by atoms with Crippen LogP contribution in [0.25, 0.3) is 0 Å². The van der Waals surface area contributed by atoms with Gasteiger partial charge in [0.1, 0.15) is 0 Å². The van der Waals surface area contributed by atoms with Crippen LogP contribution in [-0.4, -0.2) is 43.7 Å². The van der Waals surface area contributed by atoms with Crippen molar-refractivity contribution in [1.29, 1.82) is 0 Å². The molecule has 7 nitrogen and oxygen atoms in total. The number of anilines is 2. The normalized spacial score (nSPS) is 14.0. The summed E-state index contributed by atoms with van der Waals surface area (Å²) in [6.07, 6.45) is 1.80. The molecule has 7 heteroatoms. The highest BCUT2D eigenvalue weighted by Crippen LogP contribution is 2.29. The molecule has 1 aliphatic rings. The number of nitrogens with zero attached hydrogens (tertiary/aromatic N) is 3. The lowest BCUT2D eigenvalue weighted by atomic mass is 10.1. The predicted molar refractivity (Wildman–Crippen MR) is 109 cm³/mol. The van der Waals surface area contributed by atoms with E-state index < -0.39 is 4.92 Å². The SMILES string of the molecule is CCCCN(C(=O)c1cc([N+](=O)[O-])ccc1N1CCOCC1)c1ccccc1. The average molecular weight is 383 g/mol. The lowest BCUT2D eigenvalue weighted by Gasteiger charge is -2.31. The summed E-state index contributed by atoms with van der Waals surface area (Å²) >= 11 is 0. The second-order valence-electron chi connectivity index (χ2n) is 6.70. The van der Waals surface area contributed by atoms with Crippen molar-refractivity contribution in [2.24, 2.45) is 0 Å². The molecular formula is C21H25N3O4. The summed E-state index contributed by atoms with van der Waals surface area (Å²) in [6, 6.07) is 14.0. The highest BCUT2D eigenvalue weighted by molar-refractivity contribution is 6.10. The summed E-state index contributed by atoms with van der Waals surface area (Å²) in [5, 5.41) is 11.3. The molecule has 0 N–H and O–H groups in total. The number of para-hydroxylation sites is 1. The van der Waals surface area contributed by atoms with Crippen LogP contribution in [0.3, 0.4) is 0 Å². The molecule has 0 aromatic heterocycles. The van der Waals surface area contributed by atoms with Gasteiger partial charge in [0, 0.05) is 37.5 Å². The second kappa shape index (κ2) is 9.32. The summed E-state index contributed by atoms with van der Waals surface area (Å²) in [7, 11) is 0. The third kappa shape index (κ3) is 4.48. The van der Waals surface area contributed by atoms with E-state index >= 15 is 0 Å². The second-order valence-corrected chi connectivity index (χ2v) is 6.70. The number of carbonyl (C=O) groups is 1. The number of hydrogen-bond donors (Lipinski definition) is 0. The van der Waals surface area contributed by atoms with Crippen LogP contribution in [0.15, 0.2) is 48.5 Å². The first-order valence-corrected chi connectivity index (χ1v) is 9.60. The Bertz CT molecular complexity index is 820. The molecule has 2 aromatic rings. The van der Waals surface area contributed by atoms with Gasteiger partial charge < -0.3 is 14.5 Å². The lowest BCUT2D eigenvalue weighted by molar-refractivity contribution is -0.384. The zero-order valence-electron chi connectivity index (χ0n) is 16.0. The molecule has 2 aromatic carbocycles. The van der Waals surface area contributed by atoms with Crippen molar-refractivity contribution in [2.75, 3.05) is 42.6 Å². The summed E-state index contributed by atoms with van der Waals surface area (Å²) in [4.78, 5) is 28.2. The van der Waals surface area contributed by atoms with Gasteiger partial charge in [-0.3, -0.25) is 14.9 Å². The molecule has 0 atom stereocenters. The predicted octanol–water partition coefficient (Wildman–Crippen LogP) is 3.88. The molecule has 0 bridgehead atoms. The maximum absolute atomic E-state index is 13.5. The van der Waals surface area contributed by atoms with Crippen molar-refractivity contribution in [3.63, 3.8) is 0 Å². The van der Waals surface area contributed by atoms with E-state index in [0.29, 0.717) is 38.4 Å². The van der Waals surface area contributed by atoms with Gasteiger partial charge in [0.25, 0.3) is 11.6 Å². The Hall–Kier alpha value is -2.93. The lowest BCUT2D eigenvalue weighted by Crippen LogP contribution is -2.39. The van der Waals surface area contributed by atoms with Crippen LogP contribution in [0.1, 0.15) is 30.1 Å². The minimum atomic E-state index is -0.460. The number of carbonyl (C=O) groups excluding carboxylic acids is 1. The Kier molecular flexibility index (Phi) is 6.60. The third-order valence-electron chi connectivity index (χ3n) is 4.82. The Labute approximate surface area is 164 Å². The largest absolute Gasteiger partial charge is 0.378 e. The van der Waals surface area contributed by atoms with Gasteiger partial charge in [0.2, 0.25) is 0 Å². The van der Waals surface area contributed by atoms with E-state index in [4.69, 9.17) is 4.74 Å². The van der Waals surface area contributed by atoms with Crippen molar-refractivity contribution < 1.29 is 14.5 Å². The smallest absolute Gasteiger partial charge is 0.270 e. The van der Waals surface area contributed by atoms with Gasteiger partial charge in [-0.05, 0) is 24.6 Å². The molecule has 3 rings (SSSR count).